The van der Waals surface area contributed by atoms with Crippen LogP contribution in [0.5, 0.6) is 17.2 Å². The molecule has 144 valence electrons. The number of amides is 1. The summed E-state index contributed by atoms with van der Waals surface area (Å²) >= 11 is 12.0. The summed E-state index contributed by atoms with van der Waals surface area (Å²) in [7, 11) is 3.23. The van der Waals surface area contributed by atoms with Crippen LogP contribution < -0.4 is 14.2 Å². The largest absolute Gasteiger partial charge is 0.497 e. The lowest BCUT2D eigenvalue weighted by molar-refractivity contribution is -0.134. The van der Waals surface area contributed by atoms with Crippen LogP contribution in [0.25, 0.3) is 0 Å². The molecule has 0 aromatic heterocycles. The van der Waals surface area contributed by atoms with Crippen LogP contribution in [0.15, 0.2) is 36.4 Å². The van der Waals surface area contributed by atoms with E-state index in [1.165, 1.54) is 0 Å². The van der Waals surface area contributed by atoms with Crippen molar-refractivity contribution in [3.8, 4) is 17.2 Å². The number of hydrogen-bond donors (Lipinski definition) is 0. The van der Waals surface area contributed by atoms with Crippen LogP contribution in [0.3, 0.4) is 0 Å². The highest BCUT2D eigenvalue weighted by atomic mass is 35.5. The van der Waals surface area contributed by atoms with Gasteiger partial charge in [-0.2, -0.15) is 0 Å². The van der Waals surface area contributed by atoms with Crippen molar-refractivity contribution in [1.82, 2.24) is 4.90 Å². The van der Waals surface area contributed by atoms with Gasteiger partial charge in [0.05, 0.1) is 25.3 Å². The smallest absolute Gasteiger partial charge is 0.261 e. The molecule has 1 heterocycles. The minimum atomic E-state index is -0.0959. The highest BCUT2D eigenvalue weighted by Gasteiger charge is 2.32. The summed E-state index contributed by atoms with van der Waals surface area (Å²) in [5.41, 5.74) is 0.966. The third-order valence-corrected chi connectivity index (χ3v) is 5.15. The number of carbonyl (C=O) groups is 1. The van der Waals surface area contributed by atoms with E-state index in [1.807, 2.05) is 23.1 Å². The summed E-state index contributed by atoms with van der Waals surface area (Å²) in [5, 5.41) is 0.898. The van der Waals surface area contributed by atoms with Gasteiger partial charge in [-0.05, 0) is 43.2 Å². The predicted octanol–water partition coefficient (Wildman–Crippen LogP) is 4.75. The maximum Gasteiger partial charge on any atom is 0.261 e. The average Bonchev–Trinajstić information content (AvgIpc) is 3.16. The van der Waals surface area contributed by atoms with Crippen molar-refractivity contribution >= 4 is 29.1 Å². The van der Waals surface area contributed by atoms with Gasteiger partial charge in [-0.25, -0.2) is 0 Å². The molecule has 27 heavy (non-hydrogen) atoms. The predicted molar refractivity (Wildman–Crippen MR) is 105 cm³/mol. The van der Waals surface area contributed by atoms with E-state index in [9.17, 15) is 4.79 Å². The van der Waals surface area contributed by atoms with Crippen molar-refractivity contribution in [2.45, 2.75) is 18.9 Å². The van der Waals surface area contributed by atoms with Gasteiger partial charge in [0.2, 0.25) is 0 Å². The Bertz CT molecular complexity index is 828. The van der Waals surface area contributed by atoms with E-state index >= 15 is 0 Å². The van der Waals surface area contributed by atoms with E-state index in [4.69, 9.17) is 37.4 Å². The second-order valence-corrected chi connectivity index (χ2v) is 7.06. The van der Waals surface area contributed by atoms with E-state index in [0.717, 1.165) is 18.4 Å². The number of halogens is 2. The van der Waals surface area contributed by atoms with Crippen LogP contribution in [0.1, 0.15) is 24.4 Å². The Morgan fingerprint density at radius 1 is 1.11 bits per heavy atom. The first-order chi connectivity index (χ1) is 13.0. The van der Waals surface area contributed by atoms with E-state index in [0.29, 0.717) is 33.8 Å². The molecular weight excluding hydrogens is 389 g/mol. The van der Waals surface area contributed by atoms with Gasteiger partial charge < -0.3 is 19.1 Å². The lowest BCUT2D eigenvalue weighted by Gasteiger charge is -2.26. The quantitative estimate of drug-likeness (QED) is 0.690. The molecule has 0 aliphatic carbocycles. The number of ether oxygens (including phenoxy) is 3. The fourth-order valence-corrected chi connectivity index (χ4v) is 3.76. The van der Waals surface area contributed by atoms with E-state index in [2.05, 4.69) is 0 Å². The van der Waals surface area contributed by atoms with Gasteiger partial charge in [0.15, 0.2) is 6.61 Å². The molecule has 0 unspecified atom stereocenters. The monoisotopic (exact) mass is 409 g/mol. The molecule has 1 atom stereocenters. The fourth-order valence-electron chi connectivity index (χ4n) is 3.30. The molecule has 0 bridgehead atoms. The highest BCUT2D eigenvalue weighted by Crippen LogP contribution is 2.38. The van der Waals surface area contributed by atoms with Gasteiger partial charge in [0.1, 0.15) is 17.2 Å². The Kier molecular flexibility index (Phi) is 6.34. The zero-order chi connectivity index (χ0) is 19.4. The molecule has 5 nitrogen and oxygen atoms in total. The molecule has 3 rings (SSSR count). The zero-order valence-corrected chi connectivity index (χ0v) is 16.7. The topological polar surface area (TPSA) is 48.0 Å². The molecule has 2 aromatic rings. The van der Waals surface area contributed by atoms with E-state index in [-0.39, 0.29) is 18.6 Å². The van der Waals surface area contributed by atoms with Crippen LogP contribution in [0.2, 0.25) is 10.0 Å². The first kappa shape index (κ1) is 19.6. The summed E-state index contributed by atoms with van der Waals surface area (Å²) < 4.78 is 16.4. The Hall–Kier alpha value is -2.11. The third-order valence-electron chi connectivity index (χ3n) is 4.62. The minimum absolute atomic E-state index is 0.0531. The lowest BCUT2D eigenvalue weighted by atomic mass is 10.0. The SMILES string of the molecule is COc1ccc([C@H]2CCCN2C(=O)COc2ccc(Cl)cc2Cl)c(OC)c1. The maximum absolute atomic E-state index is 12.8. The van der Waals surface area contributed by atoms with Crippen molar-refractivity contribution in [3.05, 3.63) is 52.0 Å². The van der Waals surface area contributed by atoms with Gasteiger partial charge in [-0.15, -0.1) is 0 Å². The fraction of sp³-hybridized carbons (Fsp3) is 0.350. The van der Waals surface area contributed by atoms with Gasteiger partial charge in [-0.1, -0.05) is 23.2 Å². The van der Waals surface area contributed by atoms with E-state index in [1.54, 1.807) is 32.4 Å². The van der Waals surface area contributed by atoms with Crippen molar-refractivity contribution in [1.29, 1.82) is 0 Å². The third kappa shape index (κ3) is 4.42. The standard InChI is InChI=1S/C20H21Cl2NO4/c1-25-14-6-7-15(19(11-14)26-2)17-4-3-9-23(17)20(24)12-27-18-8-5-13(21)10-16(18)22/h5-8,10-11,17H,3-4,9,12H2,1-2H3/t17-/m1/s1. The Labute approximate surface area is 168 Å². The molecular formula is C20H21Cl2NO4. The number of carbonyl (C=O) groups excluding carboxylic acids is 1. The normalized spacial score (nSPS) is 16.3. The molecule has 7 heteroatoms. The first-order valence-electron chi connectivity index (χ1n) is 8.62. The molecule has 0 saturated carbocycles. The first-order valence-corrected chi connectivity index (χ1v) is 9.38. The number of likely N-dealkylation sites (tertiary alicyclic amines) is 1. The molecule has 0 spiro atoms. The van der Waals surface area contributed by atoms with Crippen LogP contribution in [-0.2, 0) is 4.79 Å². The Balaban J connectivity index is 1.73. The zero-order valence-electron chi connectivity index (χ0n) is 15.2. The number of methoxy groups -OCH3 is 2. The second-order valence-electron chi connectivity index (χ2n) is 6.22. The maximum atomic E-state index is 12.8. The van der Waals surface area contributed by atoms with Gasteiger partial charge in [-0.3, -0.25) is 4.79 Å². The number of nitrogens with zero attached hydrogens (tertiary/aromatic N) is 1. The Morgan fingerprint density at radius 2 is 1.93 bits per heavy atom. The molecule has 0 radical (unpaired) electrons. The molecule has 1 aliphatic rings. The van der Waals surface area contributed by atoms with Crippen molar-refractivity contribution in [2.75, 3.05) is 27.4 Å². The molecule has 1 fully saturated rings. The number of hydrogen-bond acceptors (Lipinski definition) is 4. The lowest BCUT2D eigenvalue weighted by Crippen LogP contribution is -2.34. The summed E-state index contributed by atoms with van der Waals surface area (Å²) in [6.45, 7) is 0.590. The van der Waals surface area contributed by atoms with Crippen LogP contribution in [0, 0.1) is 0 Å². The van der Waals surface area contributed by atoms with Gasteiger partial charge in [0.25, 0.3) is 5.91 Å². The van der Waals surface area contributed by atoms with Crippen LogP contribution in [-0.4, -0.2) is 38.2 Å². The summed E-state index contributed by atoms with van der Waals surface area (Å²) in [6, 6.07) is 10.5. The van der Waals surface area contributed by atoms with Crippen molar-refractivity contribution < 1.29 is 19.0 Å². The second kappa shape index (κ2) is 8.72. The summed E-state index contributed by atoms with van der Waals surface area (Å²) in [5.74, 6) is 1.77. The molecule has 1 amide bonds. The van der Waals surface area contributed by atoms with E-state index < -0.39 is 0 Å². The van der Waals surface area contributed by atoms with Crippen molar-refractivity contribution in [3.63, 3.8) is 0 Å². The van der Waals surface area contributed by atoms with Crippen LogP contribution in [0.4, 0.5) is 0 Å². The number of rotatable bonds is 6. The molecule has 1 saturated heterocycles. The Morgan fingerprint density at radius 3 is 2.63 bits per heavy atom. The van der Waals surface area contributed by atoms with Gasteiger partial charge >= 0.3 is 0 Å². The molecule has 2 aromatic carbocycles. The highest BCUT2D eigenvalue weighted by molar-refractivity contribution is 6.35. The molecule has 1 aliphatic heterocycles. The van der Waals surface area contributed by atoms with Crippen LogP contribution >= 0.6 is 23.2 Å². The summed E-state index contributed by atoms with van der Waals surface area (Å²) in [4.78, 5) is 14.6. The van der Waals surface area contributed by atoms with Crippen molar-refractivity contribution in [2.24, 2.45) is 0 Å². The minimum Gasteiger partial charge on any atom is -0.497 e. The van der Waals surface area contributed by atoms with Gasteiger partial charge in [0, 0.05) is 23.2 Å². The average molecular weight is 410 g/mol. The summed E-state index contributed by atoms with van der Waals surface area (Å²) in [6.07, 6.45) is 1.80. The number of benzene rings is 2. The molecule has 0 N–H and O–H groups in total.